The average molecular weight is 395 g/mol. The van der Waals surface area contributed by atoms with Crippen LogP contribution in [0.4, 0.5) is 11.4 Å². The Bertz CT molecular complexity index is 1090. The molecule has 2 heterocycles. The lowest BCUT2D eigenvalue weighted by Crippen LogP contribution is -2.40. The van der Waals surface area contributed by atoms with Gasteiger partial charge >= 0.3 is 5.69 Å². The number of imidazole rings is 1. The number of non-ortho nitro benzene ring substituents is 1. The van der Waals surface area contributed by atoms with Crippen molar-refractivity contribution in [1.29, 1.82) is 0 Å². The van der Waals surface area contributed by atoms with Gasteiger partial charge in [-0.1, -0.05) is 12.1 Å². The van der Waals surface area contributed by atoms with Crippen molar-refractivity contribution < 1.29 is 9.72 Å². The monoisotopic (exact) mass is 395 g/mol. The van der Waals surface area contributed by atoms with Crippen molar-refractivity contribution in [3.63, 3.8) is 0 Å². The first-order chi connectivity index (χ1) is 14.0. The molecular formula is C20H21N5O4. The van der Waals surface area contributed by atoms with Gasteiger partial charge in [0, 0.05) is 37.0 Å². The number of rotatable bonds is 5. The van der Waals surface area contributed by atoms with Crippen molar-refractivity contribution in [1.82, 2.24) is 14.5 Å². The van der Waals surface area contributed by atoms with E-state index in [2.05, 4.69) is 15.2 Å². The minimum atomic E-state index is -0.477. The number of hydrogen-bond donors (Lipinski definition) is 2. The second-order valence-electron chi connectivity index (χ2n) is 7.18. The molecule has 9 nitrogen and oxygen atoms in total. The first-order valence-corrected chi connectivity index (χ1v) is 9.47. The number of hydrogen-bond acceptors (Lipinski definition) is 5. The normalized spacial score (nSPS) is 15.4. The van der Waals surface area contributed by atoms with Gasteiger partial charge in [-0.25, -0.2) is 4.79 Å². The molecule has 150 valence electrons. The summed E-state index contributed by atoms with van der Waals surface area (Å²) >= 11 is 0. The van der Waals surface area contributed by atoms with E-state index in [-0.39, 0.29) is 29.9 Å². The largest absolute Gasteiger partial charge is 0.326 e. The van der Waals surface area contributed by atoms with Crippen molar-refractivity contribution >= 4 is 28.3 Å². The molecule has 0 atom stereocenters. The van der Waals surface area contributed by atoms with Crippen molar-refractivity contribution in [2.75, 3.05) is 25.0 Å². The first-order valence-electron chi connectivity index (χ1n) is 9.47. The number of benzene rings is 2. The van der Waals surface area contributed by atoms with Crippen LogP contribution in [0, 0.1) is 10.1 Å². The molecule has 3 aromatic rings. The number of nitro groups is 1. The van der Waals surface area contributed by atoms with E-state index in [0.29, 0.717) is 18.8 Å². The molecule has 1 fully saturated rings. The van der Waals surface area contributed by atoms with Gasteiger partial charge in [0.05, 0.1) is 22.5 Å². The molecule has 4 rings (SSSR count). The van der Waals surface area contributed by atoms with Crippen LogP contribution in [0.1, 0.15) is 18.9 Å². The Labute approximate surface area is 166 Å². The molecule has 1 aromatic heterocycles. The molecule has 2 N–H and O–H groups in total. The summed E-state index contributed by atoms with van der Waals surface area (Å²) in [7, 11) is 0. The van der Waals surface area contributed by atoms with Gasteiger partial charge in [0.2, 0.25) is 5.91 Å². The molecule has 0 bridgehead atoms. The zero-order chi connectivity index (χ0) is 20.4. The number of nitrogens with one attached hydrogen (secondary N) is 2. The minimum Gasteiger partial charge on any atom is -0.325 e. The summed E-state index contributed by atoms with van der Waals surface area (Å²) in [5.74, 6) is -0.165. The zero-order valence-electron chi connectivity index (χ0n) is 15.7. The van der Waals surface area contributed by atoms with Crippen LogP contribution in [-0.2, 0) is 4.79 Å². The molecule has 0 saturated carbocycles. The Morgan fingerprint density at radius 2 is 1.83 bits per heavy atom. The van der Waals surface area contributed by atoms with Gasteiger partial charge in [-0.3, -0.25) is 24.4 Å². The molecule has 0 unspecified atom stereocenters. The van der Waals surface area contributed by atoms with E-state index in [9.17, 15) is 19.7 Å². The highest BCUT2D eigenvalue weighted by molar-refractivity contribution is 5.92. The summed E-state index contributed by atoms with van der Waals surface area (Å²) in [6.07, 6.45) is 1.57. The van der Waals surface area contributed by atoms with Crippen LogP contribution in [-0.4, -0.2) is 44.9 Å². The average Bonchev–Trinajstić information content (AvgIpc) is 3.04. The van der Waals surface area contributed by atoms with Crippen molar-refractivity contribution in [2.24, 2.45) is 0 Å². The Morgan fingerprint density at radius 3 is 2.52 bits per heavy atom. The van der Waals surface area contributed by atoms with Crippen LogP contribution >= 0.6 is 0 Å². The van der Waals surface area contributed by atoms with Crippen LogP contribution in [0.25, 0.3) is 11.0 Å². The van der Waals surface area contributed by atoms with Gasteiger partial charge in [0.1, 0.15) is 0 Å². The fourth-order valence-corrected chi connectivity index (χ4v) is 3.84. The van der Waals surface area contributed by atoms with Gasteiger partial charge in [0.25, 0.3) is 5.69 Å². The SMILES string of the molecule is O=C(CN1CCC(n2c(=O)[nH]c3ccccc32)CC1)Nc1ccc([N+](=O)[O-])cc1. The number of anilines is 1. The van der Waals surface area contributed by atoms with Crippen LogP contribution in [0.3, 0.4) is 0 Å². The van der Waals surface area contributed by atoms with E-state index < -0.39 is 4.92 Å². The number of H-pyrrole nitrogens is 1. The lowest BCUT2D eigenvalue weighted by atomic mass is 10.0. The summed E-state index contributed by atoms with van der Waals surface area (Å²) in [5.41, 5.74) is 2.16. The predicted molar refractivity (Wildman–Crippen MR) is 109 cm³/mol. The fraction of sp³-hybridized carbons (Fsp3) is 0.300. The molecule has 1 saturated heterocycles. The number of nitro benzene ring substituents is 1. The second-order valence-corrected chi connectivity index (χ2v) is 7.18. The predicted octanol–water partition coefficient (Wildman–Crippen LogP) is 2.51. The van der Waals surface area contributed by atoms with Gasteiger partial charge in [-0.05, 0) is 37.1 Å². The van der Waals surface area contributed by atoms with Crippen molar-refractivity contribution in [2.45, 2.75) is 18.9 Å². The van der Waals surface area contributed by atoms with Crippen molar-refractivity contribution in [3.05, 3.63) is 69.1 Å². The van der Waals surface area contributed by atoms with E-state index in [0.717, 1.165) is 23.9 Å². The highest BCUT2D eigenvalue weighted by Gasteiger charge is 2.24. The maximum Gasteiger partial charge on any atom is 0.326 e. The maximum absolute atomic E-state index is 12.4. The molecule has 0 radical (unpaired) electrons. The van der Waals surface area contributed by atoms with Gasteiger partial charge in [0.15, 0.2) is 0 Å². The van der Waals surface area contributed by atoms with Crippen LogP contribution < -0.4 is 11.0 Å². The van der Waals surface area contributed by atoms with Crippen LogP contribution in [0.5, 0.6) is 0 Å². The van der Waals surface area contributed by atoms with E-state index in [1.54, 1.807) is 0 Å². The molecule has 2 aromatic carbocycles. The molecular weight excluding hydrogens is 374 g/mol. The number of nitrogens with zero attached hydrogens (tertiary/aromatic N) is 3. The van der Waals surface area contributed by atoms with E-state index in [1.807, 2.05) is 28.8 Å². The number of likely N-dealkylation sites (tertiary alicyclic amines) is 1. The third-order valence-electron chi connectivity index (χ3n) is 5.28. The van der Waals surface area contributed by atoms with Crippen LogP contribution in [0.15, 0.2) is 53.3 Å². The summed E-state index contributed by atoms with van der Waals surface area (Å²) in [6.45, 7) is 1.67. The summed E-state index contributed by atoms with van der Waals surface area (Å²) < 4.78 is 1.82. The fourth-order valence-electron chi connectivity index (χ4n) is 3.84. The summed E-state index contributed by atoms with van der Waals surface area (Å²) in [5, 5.41) is 13.5. The van der Waals surface area contributed by atoms with Crippen LogP contribution in [0.2, 0.25) is 0 Å². The van der Waals surface area contributed by atoms with E-state index >= 15 is 0 Å². The highest BCUT2D eigenvalue weighted by atomic mass is 16.6. The van der Waals surface area contributed by atoms with E-state index in [4.69, 9.17) is 0 Å². The van der Waals surface area contributed by atoms with Crippen molar-refractivity contribution in [3.8, 4) is 0 Å². The lowest BCUT2D eigenvalue weighted by molar-refractivity contribution is -0.384. The summed E-state index contributed by atoms with van der Waals surface area (Å²) in [6, 6.07) is 13.5. The Hall–Kier alpha value is -3.46. The van der Waals surface area contributed by atoms with Gasteiger partial charge in [-0.2, -0.15) is 0 Å². The second kappa shape index (κ2) is 7.88. The standard InChI is InChI=1S/C20H21N5O4/c26-19(21-14-5-7-16(8-6-14)25(28)29)13-23-11-9-15(10-12-23)24-18-4-2-1-3-17(18)22-20(24)27/h1-8,15H,9-13H2,(H,21,26)(H,22,27). The van der Waals surface area contributed by atoms with Gasteiger partial charge in [-0.15, -0.1) is 0 Å². The molecule has 9 heteroatoms. The molecule has 1 amide bonds. The topological polar surface area (TPSA) is 113 Å². The first kappa shape index (κ1) is 18.9. The maximum atomic E-state index is 12.4. The Morgan fingerprint density at radius 1 is 1.14 bits per heavy atom. The third kappa shape index (κ3) is 4.04. The number of carbonyl (C=O) groups excluding carboxylic acids is 1. The number of aromatic amines is 1. The number of carbonyl (C=O) groups is 1. The zero-order valence-corrected chi connectivity index (χ0v) is 15.7. The Balaban J connectivity index is 1.33. The smallest absolute Gasteiger partial charge is 0.325 e. The lowest BCUT2D eigenvalue weighted by Gasteiger charge is -2.32. The molecule has 29 heavy (non-hydrogen) atoms. The number of para-hydroxylation sites is 2. The van der Waals surface area contributed by atoms with Gasteiger partial charge < -0.3 is 10.3 Å². The summed E-state index contributed by atoms with van der Waals surface area (Å²) in [4.78, 5) is 39.8. The molecule has 1 aliphatic heterocycles. The molecule has 0 aliphatic carbocycles. The molecule has 1 aliphatic rings. The minimum absolute atomic E-state index is 0.0161. The number of amides is 1. The number of piperidine rings is 1. The number of aromatic nitrogens is 2. The Kier molecular flexibility index (Phi) is 5.13. The van der Waals surface area contributed by atoms with E-state index in [1.165, 1.54) is 24.3 Å². The molecule has 0 spiro atoms. The third-order valence-corrected chi connectivity index (χ3v) is 5.28. The highest BCUT2D eigenvalue weighted by Crippen LogP contribution is 2.24. The quantitative estimate of drug-likeness (QED) is 0.509. The number of fused-ring (bicyclic) bond motifs is 1.